The Balaban J connectivity index is 0.00000224. The standard InChI is InChI=1S/C58H72FN9O7.C3H6/c59-48-18-15-39(33-49-45-13-4-5-14-46(45)53(71)63-62-49)32-47(48)54(72)65-28-30-67(31-29-65)56(74)57-19-21-58(22-20-57,75-38-57)37-64-24-26-66(27-25-64)55(73)51(40-8-2-1-3-9-40)61-52(70)42-11-6-10-41(34-42)43-12-7-23-68(36-43)50(69)35-60-44-16-17-44;1-3-2/h4-6,10-11,13-15,18,32,34,40,43-44,51,60H,1-3,7-9,12,16-17,19-31,33,35-38H2,(H,61,70)(H,63,71);3H,1H2,2H3. The number of halogens is 1. The van der Waals surface area contributed by atoms with Crippen molar-refractivity contribution in [1.82, 2.24) is 45.3 Å². The zero-order chi connectivity index (χ0) is 54.4. The average Bonchev–Trinajstić information content (AvgIpc) is 4.43. The number of hydrogen-bond acceptors (Lipinski definition) is 10. The lowest BCUT2D eigenvalue weighted by Gasteiger charge is -2.55. The van der Waals surface area contributed by atoms with Crippen LogP contribution < -0.4 is 16.2 Å². The number of aromatic amines is 1. The Morgan fingerprint density at radius 3 is 2.21 bits per heavy atom. The van der Waals surface area contributed by atoms with Crippen LogP contribution in [0.4, 0.5) is 4.39 Å². The number of piperidine rings is 1. The molecule has 3 aliphatic carbocycles. The van der Waals surface area contributed by atoms with E-state index in [1.807, 2.05) is 52.0 Å². The van der Waals surface area contributed by atoms with Gasteiger partial charge in [-0.05, 0) is 119 Å². The van der Waals surface area contributed by atoms with Crippen LogP contribution in [0.5, 0.6) is 0 Å². The van der Waals surface area contributed by atoms with E-state index >= 15 is 4.39 Å². The molecule has 5 saturated heterocycles. The number of fused-ring (bicyclic) bond motifs is 4. The number of nitrogens with one attached hydrogen (secondary N) is 3. The van der Waals surface area contributed by atoms with Crippen molar-refractivity contribution in [2.24, 2.45) is 11.3 Å². The first kappa shape index (κ1) is 55.0. The minimum atomic E-state index is -0.613. The number of benzene rings is 3. The highest BCUT2D eigenvalue weighted by atomic mass is 19.1. The van der Waals surface area contributed by atoms with Gasteiger partial charge < -0.3 is 35.0 Å². The lowest BCUT2D eigenvalue weighted by Crippen LogP contribution is -2.64. The second-order valence-electron chi connectivity index (χ2n) is 23.2. The maximum Gasteiger partial charge on any atom is 0.272 e. The molecule has 2 atom stereocenters. The zero-order valence-electron chi connectivity index (χ0n) is 45.5. The predicted octanol–water partition coefficient (Wildman–Crippen LogP) is 6.44. The predicted molar refractivity (Wildman–Crippen MR) is 296 cm³/mol. The molecule has 0 spiro atoms. The lowest BCUT2D eigenvalue weighted by atomic mass is 9.65. The molecule has 17 heteroatoms. The monoisotopic (exact) mass is 1070 g/mol. The summed E-state index contributed by atoms with van der Waals surface area (Å²) < 4.78 is 21.9. The number of piperazine rings is 2. The summed E-state index contributed by atoms with van der Waals surface area (Å²) in [7, 11) is 0. The van der Waals surface area contributed by atoms with Gasteiger partial charge in [0.05, 0.1) is 40.8 Å². The van der Waals surface area contributed by atoms with Crippen LogP contribution in [0.15, 0.2) is 84.2 Å². The fraction of sp³-hybridized carbons (Fsp3) is 0.557. The van der Waals surface area contributed by atoms with Gasteiger partial charge in [-0.1, -0.05) is 61.7 Å². The molecule has 416 valence electrons. The molecule has 5 aliphatic heterocycles. The van der Waals surface area contributed by atoms with Crippen molar-refractivity contribution >= 4 is 40.3 Å². The largest absolute Gasteiger partial charge is 0.373 e. The fourth-order valence-electron chi connectivity index (χ4n) is 13.1. The Morgan fingerprint density at radius 2 is 1.50 bits per heavy atom. The Hall–Kier alpha value is -6.30. The second-order valence-corrected chi connectivity index (χ2v) is 23.2. The Bertz CT molecular complexity index is 2880. The first-order valence-electron chi connectivity index (χ1n) is 28.8. The van der Waals surface area contributed by atoms with E-state index in [-0.39, 0.29) is 52.2 Å². The van der Waals surface area contributed by atoms with Gasteiger partial charge in [0, 0.05) is 101 Å². The van der Waals surface area contributed by atoms with E-state index < -0.39 is 23.2 Å². The number of rotatable bonds is 14. The van der Waals surface area contributed by atoms with Crippen molar-refractivity contribution in [3.05, 3.63) is 124 Å². The highest BCUT2D eigenvalue weighted by Crippen LogP contribution is 2.50. The van der Waals surface area contributed by atoms with E-state index in [0.717, 1.165) is 102 Å². The third-order valence-corrected chi connectivity index (χ3v) is 17.9. The van der Waals surface area contributed by atoms with Gasteiger partial charge in [-0.15, -0.1) is 6.58 Å². The molecular weight excluding hydrogens is 990 g/mol. The summed E-state index contributed by atoms with van der Waals surface area (Å²) in [5, 5.41) is 14.6. The number of aromatic nitrogens is 2. The van der Waals surface area contributed by atoms with Crippen molar-refractivity contribution in [2.75, 3.05) is 85.1 Å². The SMILES string of the molecule is C=CC.O=C(NC(C(=O)N1CCN(CC23CCC(C(=O)N4CCN(C(=O)c5cc(Cc6n[nH]c(=O)c7ccccc67)ccc5F)CC4)(CC2)CO3)CC1)C1CCCCC1)c1cccc(C2CCCN(C(=O)CNC3CC3)C2)c1. The van der Waals surface area contributed by atoms with Gasteiger partial charge in [-0.3, -0.25) is 33.7 Å². The number of carbonyl (C=O) groups excluding carboxylic acids is 5. The van der Waals surface area contributed by atoms with Crippen molar-refractivity contribution in [3.63, 3.8) is 0 Å². The van der Waals surface area contributed by atoms with Crippen LogP contribution in [0.2, 0.25) is 0 Å². The fourth-order valence-corrected chi connectivity index (χ4v) is 13.1. The number of likely N-dealkylation sites (tertiary alicyclic amines) is 1. The summed E-state index contributed by atoms with van der Waals surface area (Å²) in [6.07, 6.45) is 14.3. The minimum Gasteiger partial charge on any atom is -0.373 e. The zero-order valence-corrected chi connectivity index (χ0v) is 45.5. The molecular formula is C61H78FN9O7. The molecule has 8 aliphatic rings. The molecule has 1 aromatic heterocycles. The van der Waals surface area contributed by atoms with Crippen LogP contribution in [0.1, 0.15) is 134 Å². The van der Waals surface area contributed by atoms with E-state index in [1.54, 1.807) is 35.2 Å². The number of amides is 5. The number of H-pyrrole nitrogens is 1. The van der Waals surface area contributed by atoms with Crippen molar-refractivity contribution in [2.45, 2.75) is 120 Å². The topological polar surface area (TPSA) is 181 Å². The van der Waals surface area contributed by atoms with Gasteiger partial charge in [-0.25, -0.2) is 9.49 Å². The molecule has 3 N–H and O–H groups in total. The quantitative estimate of drug-likeness (QED) is 0.119. The molecule has 3 saturated carbocycles. The summed E-state index contributed by atoms with van der Waals surface area (Å²) in [4.78, 5) is 91.8. The summed E-state index contributed by atoms with van der Waals surface area (Å²) >= 11 is 0. The van der Waals surface area contributed by atoms with E-state index in [4.69, 9.17) is 4.74 Å². The average molecular weight is 1070 g/mol. The van der Waals surface area contributed by atoms with Crippen molar-refractivity contribution in [1.29, 1.82) is 0 Å². The summed E-state index contributed by atoms with van der Waals surface area (Å²) in [5.74, 6) is -0.815. The number of carbonyl (C=O) groups is 5. The molecule has 4 aromatic rings. The first-order valence-corrected chi connectivity index (χ1v) is 28.8. The molecule has 3 aromatic carbocycles. The molecule has 6 heterocycles. The Morgan fingerprint density at radius 1 is 0.795 bits per heavy atom. The molecule has 2 bridgehead atoms. The summed E-state index contributed by atoms with van der Waals surface area (Å²) in [6.45, 7) is 12.0. The molecule has 0 radical (unpaired) electrons. The highest BCUT2D eigenvalue weighted by Gasteiger charge is 2.55. The normalized spacial score (nSPS) is 24.3. The highest BCUT2D eigenvalue weighted by molar-refractivity contribution is 5.98. The van der Waals surface area contributed by atoms with Crippen LogP contribution in [0.25, 0.3) is 10.8 Å². The smallest absolute Gasteiger partial charge is 0.272 e. The van der Waals surface area contributed by atoms with Crippen LogP contribution in [-0.2, 0) is 25.5 Å². The van der Waals surface area contributed by atoms with Crippen molar-refractivity contribution < 1.29 is 33.1 Å². The van der Waals surface area contributed by atoms with E-state index in [1.165, 1.54) is 6.07 Å². The second kappa shape index (κ2) is 24.4. The molecule has 12 rings (SSSR count). The maximum atomic E-state index is 15.2. The molecule has 5 amide bonds. The summed E-state index contributed by atoms with van der Waals surface area (Å²) in [6, 6.07) is 19.3. The number of hydrogen-bond donors (Lipinski definition) is 3. The van der Waals surface area contributed by atoms with Crippen LogP contribution >= 0.6 is 0 Å². The minimum absolute atomic E-state index is 0.00202. The van der Waals surface area contributed by atoms with Gasteiger partial charge >= 0.3 is 0 Å². The first-order chi connectivity index (χ1) is 37.8. The van der Waals surface area contributed by atoms with Gasteiger partial charge in [0.25, 0.3) is 17.4 Å². The van der Waals surface area contributed by atoms with E-state index in [0.29, 0.717) is 112 Å². The van der Waals surface area contributed by atoms with Gasteiger partial charge in [-0.2, -0.15) is 5.10 Å². The third kappa shape index (κ3) is 12.4. The Kier molecular flexibility index (Phi) is 17.2. The van der Waals surface area contributed by atoms with Gasteiger partial charge in [0.1, 0.15) is 11.9 Å². The van der Waals surface area contributed by atoms with Gasteiger partial charge in [0.15, 0.2) is 0 Å². The molecule has 78 heavy (non-hydrogen) atoms. The maximum absolute atomic E-state index is 15.2. The van der Waals surface area contributed by atoms with E-state index in [2.05, 4.69) is 38.4 Å². The van der Waals surface area contributed by atoms with Crippen molar-refractivity contribution in [3.8, 4) is 0 Å². The Labute approximate surface area is 457 Å². The molecule has 16 nitrogen and oxygen atoms in total. The molecule has 8 fully saturated rings. The lowest BCUT2D eigenvalue weighted by molar-refractivity contribution is -0.203. The van der Waals surface area contributed by atoms with Gasteiger partial charge in [0.2, 0.25) is 17.7 Å². The number of ether oxygens (including phenoxy) is 1. The van der Waals surface area contributed by atoms with E-state index in [9.17, 15) is 28.8 Å². The molecule has 2 unspecified atom stereocenters. The van der Waals surface area contributed by atoms with Crippen LogP contribution in [0.3, 0.4) is 0 Å². The number of allylic oxidation sites excluding steroid dienone is 1. The summed E-state index contributed by atoms with van der Waals surface area (Å²) in [5.41, 5.74) is 1.64. The third-order valence-electron chi connectivity index (χ3n) is 17.9. The van der Waals surface area contributed by atoms with Crippen LogP contribution in [0, 0.1) is 17.2 Å². The number of nitrogens with zero attached hydrogens (tertiary/aromatic N) is 6. The van der Waals surface area contributed by atoms with Crippen LogP contribution in [-0.4, -0.2) is 167 Å².